The van der Waals surface area contributed by atoms with E-state index >= 15 is 0 Å². The summed E-state index contributed by atoms with van der Waals surface area (Å²) in [5.74, 6) is -0.930. The summed E-state index contributed by atoms with van der Waals surface area (Å²) in [7, 11) is 0. The number of carbonyl (C=O) groups excluding carboxylic acids is 2. The maximum absolute atomic E-state index is 13.4. The number of rotatable bonds is 5. The Morgan fingerprint density at radius 1 is 1.29 bits per heavy atom. The van der Waals surface area contributed by atoms with Crippen LogP contribution in [0.15, 0.2) is 18.3 Å². The lowest BCUT2D eigenvalue weighted by molar-refractivity contribution is -0.118. The van der Waals surface area contributed by atoms with Gasteiger partial charge in [0.2, 0.25) is 5.91 Å². The smallest absolute Gasteiger partial charge is 0.270 e. The Kier molecular flexibility index (Phi) is 4.52. The van der Waals surface area contributed by atoms with Crippen molar-refractivity contribution in [2.75, 3.05) is 13.1 Å². The van der Waals surface area contributed by atoms with Crippen LogP contribution in [0.3, 0.4) is 0 Å². The van der Waals surface area contributed by atoms with Crippen LogP contribution >= 0.6 is 0 Å². The molecule has 2 rings (SSSR count). The summed E-state index contributed by atoms with van der Waals surface area (Å²) in [5, 5.41) is 5.27. The summed E-state index contributed by atoms with van der Waals surface area (Å²) in [6.07, 6.45) is 1.81. The summed E-state index contributed by atoms with van der Waals surface area (Å²) < 4.78 is 14.8. The van der Waals surface area contributed by atoms with Gasteiger partial charge in [-0.05, 0) is 18.6 Å². The SMILES string of the molecule is CCc1nc2ccc(F)cn2c1C(=O)NCCNC(C)=O. The van der Waals surface area contributed by atoms with Crippen molar-refractivity contribution >= 4 is 17.5 Å². The summed E-state index contributed by atoms with van der Waals surface area (Å²) >= 11 is 0. The summed E-state index contributed by atoms with van der Waals surface area (Å²) in [6.45, 7) is 3.92. The normalized spacial score (nSPS) is 10.6. The molecule has 6 nitrogen and oxygen atoms in total. The average molecular weight is 292 g/mol. The van der Waals surface area contributed by atoms with Crippen molar-refractivity contribution in [1.82, 2.24) is 20.0 Å². The number of nitrogens with zero attached hydrogens (tertiary/aromatic N) is 2. The Balaban J connectivity index is 2.21. The van der Waals surface area contributed by atoms with E-state index in [1.165, 1.54) is 29.7 Å². The van der Waals surface area contributed by atoms with Crippen LogP contribution in [0.25, 0.3) is 5.65 Å². The molecule has 2 amide bonds. The highest BCUT2D eigenvalue weighted by atomic mass is 19.1. The number of hydrogen-bond donors (Lipinski definition) is 2. The molecule has 2 heterocycles. The molecule has 0 bridgehead atoms. The molecule has 2 aromatic rings. The molecule has 7 heteroatoms. The van der Waals surface area contributed by atoms with Gasteiger partial charge in [-0.25, -0.2) is 9.37 Å². The lowest BCUT2D eigenvalue weighted by atomic mass is 10.2. The molecule has 0 radical (unpaired) electrons. The van der Waals surface area contributed by atoms with Gasteiger partial charge in [-0.1, -0.05) is 6.92 Å². The van der Waals surface area contributed by atoms with E-state index in [0.717, 1.165) is 0 Å². The zero-order valence-corrected chi connectivity index (χ0v) is 11.9. The minimum atomic E-state index is -0.435. The minimum absolute atomic E-state index is 0.157. The molecule has 0 aliphatic rings. The number of aromatic nitrogens is 2. The standard InChI is InChI=1S/C14H17FN4O2/c1-3-11-13(14(21)17-7-6-16-9(2)20)19-8-10(15)4-5-12(19)18-11/h4-5,8H,3,6-7H2,1-2H3,(H,16,20)(H,17,21). The van der Waals surface area contributed by atoms with E-state index in [-0.39, 0.29) is 11.8 Å². The van der Waals surface area contributed by atoms with Gasteiger partial charge in [0.05, 0.1) is 5.69 Å². The zero-order valence-electron chi connectivity index (χ0n) is 11.9. The number of hydrogen-bond acceptors (Lipinski definition) is 3. The van der Waals surface area contributed by atoms with Crippen molar-refractivity contribution in [1.29, 1.82) is 0 Å². The fourth-order valence-electron chi connectivity index (χ4n) is 2.05. The molecule has 112 valence electrons. The number of fused-ring (bicyclic) bond motifs is 1. The predicted molar refractivity (Wildman–Crippen MR) is 75.5 cm³/mol. The third kappa shape index (κ3) is 3.36. The lowest BCUT2D eigenvalue weighted by Gasteiger charge is -2.07. The quantitative estimate of drug-likeness (QED) is 0.804. The third-order valence-corrected chi connectivity index (χ3v) is 2.99. The van der Waals surface area contributed by atoms with E-state index in [1.807, 2.05) is 6.92 Å². The van der Waals surface area contributed by atoms with E-state index in [2.05, 4.69) is 15.6 Å². The topological polar surface area (TPSA) is 75.5 Å². The van der Waals surface area contributed by atoms with E-state index < -0.39 is 5.82 Å². The highest BCUT2D eigenvalue weighted by Gasteiger charge is 2.18. The van der Waals surface area contributed by atoms with E-state index in [9.17, 15) is 14.0 Å². The molecular formula is C14H17FN4O2. The number of halogens is 1. The summed E-state index contributed by atoms with van der Waals surface area (Å²) in [5.41, 5.74) is 1.47. The van der Waals surface area contributed by atoms with Crippen molar-refractivity contribution in [2.45, 2.75) is 20.3 Å². The van der Waals surface area contributed by atoms with Crippen molar-refractivity contribution in [2.24, 2.45) is 0 Å². The highest BCUT2D eigenvalue weighted by molar-refractivity contribution is 5.94. The summed E-state index contributed by atoms with van der Waals surface area (Å²) in [4.78, 5) is 27.3. The van der Waals surface area contributed by atoms with Crippen molar-refractivity contribution in [3.63, 3.8) is 0 Å². The maximum Gasteiger partial charge on any atom is 0.270 e. The lowest BCUT2D eigenvalue weighted by Crippen LogP contribution is -2.34. The summed E-state index contributed by atoms with van der Waals surface area (Å²) in [6, 6.07) is 2.84. The molecular weight excluding hydrogens is 275 g/mol. The van der Waals surface area contributed by atoms with Crippen LogP contribution in [-0.4, -0.2) is 34.3 Å². The Bertz CT molecular complexity index is 681. The van der Waals surface area contributed by atoms with Crippen LogP contribution in [-0.2, 0) is 11.2 Å². The number of nitrogens with one attached hydrogen (secondary N) is 2. The Labute approximate surface area is 121 Å². The number of aryl methyl sites for hydroxylation is 1. The van der Waals surface area contributed by atoms with Gasteiger partial charge in [0.1, 0.15) is 17.2 Å². The molecule has 0 saturated heterocycles. The number of pyridine rings is 1. The fraction of sp³-hybridized carbons (Fsp3) is 0.357. The maximum atomic E-state index is 13.4. The Hall–Kier alpha value is -2.44. The zero-order chi connectivity index (χ0) is 15.4. The average Bonchev–Trinajstić information content (AvgIpc) is 2.80. The molecule has 0 fully saturated rings. The molecule has 0 aromatic carbocycles. The van der Waals surface area contributed by atoms with Gasteiger partial charge in [-0.15, -0.1) is 0 Å². The van der Waals surface area contributed by atoms with Crippen LogP contribution in [0.1, 0.15) is 30.0 Å². The number of carbonyl (C=O) groups is 2. The van der Waals surface area contributed by atoms with E-state index in [1.54, 1.807) is 0 Å². The van der Waals surface area contributed by atoms with Gasteiger partial charge in [-0.3, -0.25) is 14.0 Å². The second-order valence-electron chi connectivity index (χ2n) is 4.58. The van der Waals surface area contributed by atoms with Crippen molar-refractivity contribution < 1.29 is 14.0 Å². The molecule has 21 heavy (non-hydrogen) atoms. The molecule has 0 saturated carbocycles. The van der Waals surface area contributed by atoms with Crippen LogP contribution in [0.4, 0.5) is 4.39 Å². The van der Waals surface area contributed by atoms with Gasteiger partial charge in [-0.2, -0.15) is 0 Å². The van der Waals surface area contributed by atoms with Crippen molar-refractivity contribution in [3.05, 3.63) is 35.5 Å². The van der Waals surface area contributed by atoms with Crippen LogP contribution in [0.5, 0.6) is 0 Å². The van der Waals surface area contributed by atoms with Crippen LogP contribution in [0.2, 0.25) is 0 Å². The molecule has 0 atom stereocenters. The number of imidazole rings is 1. The van der Waals surface area contributed by atoms with Gasteiger partial charge in [0, 0.05) is 26.2 Å². The Morgan fingerprint density at radius 2 is 2.00 bits per heavy atom. The monoisotopic (exact) mass is 292 g/mol. The van der Waals surface area contributed by atoms with Gasteiger partial charge >= 0.3 is 0 Å². The molecule has 2 aromatic heterocycles. The minimum Gasteiger partial charge on any atom is -0.355 e. The van der Waals surface area contributed by atoms with Gasteiger partial charge in [0.25, 0.3) is 5.91 Å². The van der Waals surface area contributed by atoms with Crippen LogP contribution in [0, 0.1) is 5.82 Å². The van der Waals surface area contributed by atoms with E-state index in [4.69, 9.17) is 0 Å². The van der Waals surface area contributed by atoms with Crippen LogP contribution < -0.4 is 10.6 Å². The third-order valence-electron chi connectivity index (χ3n) is 2.99. The Morgan fingerprint density at radius 3 is 2.67 bits per heavy atom. The molecule has 0 aliphatic heterocycles. The first-order chi connectivity index (χ1) is 10.0. The molecule has 2 N–H and O–H groups in total. The number of amides is 2. The molecule has 0 spiro atoms. The second kappa shape index (κ2) is 6.34. The second-order valence-corrected chi connectivity index (χ2v) is 4.58. The fourth-order valence-corrected chi connectivity index (χ4v) is 2.05. The largest absolute Gasteiger partial charge is 0.355 e. The van der Waals surface area contributed by atoms with Gasteiger partial charge < -0.3 is 10.6 Å². The first-order valence-electron chi connectivity index (χ1n) is 6.72. The highest BCUT2D eigenvalue weighted by Crippen LogP contribution is 2.14. The first-order valence-corrected chi connectivity index (χ1v) is 6.72. The molecule has 0 aliphatic carbocycles. The predicted octanol–water partition coefficient (Wildman–Crippen LogP) is 0.902. The molecule has 0 unspecified atom stereocenters. The van der Waals surface area contributed by atoms with Crippen molar-refractivity contribution in [3.8, 4) is 0 Å². The van der Waals surface area contributed by atoms with Gasteiger partial charge in [0.15, 0.2) is 0 Å². The van der Waals surface area contributed by atoms with E-state index in [0.29, 0.717) is 36.5 Å². The first kappa shape index (κ1) is 15.0.